The number of nitrogens with zero attached hydrogens (tertiary/aromatic N) is 2. The van der Waals surface area contributed by atoms with E-state index in [-0.39, 0.29) is 12.4 Å². The Bertz CT molecular complexity index is 767. The SMILES string of the molecule is NC(O)[C@H]1O[C@@](O)(n2ccnc2C(=O)NCc2ccccc2)[C@H](O)[C@@H]1O. The van der Waals surface area contributed by atoms with E-state index in [0.29, 0.717) is 0 Å². The molecule has 26 heavy (non-hydrogen) atoms. The van der Waals surface area contributed by atoms with E-state index in [2.05, 4.69) is 10.3 Å². The van der Waals surface area contributed by atoms with Gasteiger partial charge in [-0.1, -0.05) is 30.3 Å². The number of ether oxygens (including phenoxy) is 1. The quantitative estimate of drug-likeness (QED) is 0.326. The third-order valence-electron chi connectivity index (χ3n) is 4.18. The Hall–Kier alpha value is -2.34. The number of amides is 1. The van der Waals surface area contributed by atoms with Crippen molar-refractivity contribution in [3.8, 4) is 0 Å². The van der Waals surface area contributed by atoms with Crippen molar-refractivity contribution in [2.24, 2.45) is 5.73 Å². The van der Waals surface area contributed by atoms with Crippen LogP contribution in [0.2, 0.25) is 0 Å². The zero-order chi connectivity index (χ0) is 18.9. The molecule has 2 heterocycles. The number of rotatable bonds is 5. The molecule has 0 spiro atoms. The molecule has 1 fully saturated rings. The fourth-order valence-corrected chi connectivity index (χ4v) is 2.80. The second-order valence-electron chi connectivity index (χ2n) is 5.96. The Morgan fingerprint density at radius 1 is 1.38 bits per heavy atom. The zero-order valence-corrected chi connectivity index (χ0v) is 13.6. The predicted octanol–water partition coefficient (Wildman–Crippen LogP) is -2.19. The molecule has 0 radical (unpaired) electrons. The van der Waals surface area contributed by atoms with Crippen molar-refractivity contribution < 1.29 is 30.0 Å². The van der Waals surface area contributed by atoms with Crippen molar-refractivity contribution in [1.29, 1.82) is 0 Å². The molecule has 2 aromatic rings. The summed E-state index contributed by atoms with van der Waals surface area (Å²) in [6.07, 6.45) is -4.18. The summed E-state index contributed by atoms with van der Waals surface area (Å²) in [6, 6.07) is 9.16. The monoisotopic (exact) mass is 364 g/mol. The van der Waals surface area contributed by atoms with Crippen LogP contribution >= 0.6 is 0 Å². The number of imidazole rings is 1. The normalized spacial score (nSPS) is 29.5. The van der Waals surface area contributed by atoms with Gasteiger partial charge >= 0.3 is 0 Å². The predicted molar refractivity (Wildman–Crippen MR) is 87.1 cm³/mol. The summed E-state index contributed by atoms with van der Waals surface area (Å²) < 4.78 is 6.03. The van der Waals surface area contributed by atoms with E-state index < -0.39 is 36.4 Å². The van der Waals surface area contributed by atoms with Gasteiger partial charge < -0.3 is 36.2 Å². The Morgan fingerprint density at radius 3 is 2.69 bits per heavy atom. The molecule has 3 rings (SSSR count). The highest BCUT2D eigenvalue weighted by atomic mass is 16.7. The molecular formula is C16H20N4O6. The number of nitrogens with one attached hydrogen (secondary N) is 1. The van der Waals surface area contributed by atoms with Crippen LogP contribution in [0.5, 0.6) is 0 Å². The van der Waals surface area contributed by atoms with Crippen LogP contribution < -0.4 is 11.1 Å². The van der Waals surface area contributed by atoms with Gasteiger partial charge in [-0.3, -0.25) is 9.36 Å². The summed E-state index contributed by atoms with van der Waals surface area (Å²) in [5.74, 6) is -3.39. The Kier molecular flexibility index (Phi) is 5.05. The highest BCUT2D eigenvalue weighted by Crippen LogP contribution is 2.34. The lowest BCUT2D eigenvalue weighted by molar-refractivity contribution is -0.293. The van der Waals surface area contributed by atoms with E-state index in [0.717, 1.165) is 10.1 Å². The lowest BCUT2D eigenvalue weighted by Crippen LogP contribution is -2.47. The minimum Gasteiger partial charge on any atom is -0.387 e. The molecule has 10 nitrogen and oxygen atoms in total. The molecule has 0 saturated carbocycles. The van der Waals surface area contributed by atoms with Crippen LogP contribution in [0.25, 0.3) is 0 Å². The van der Waals surface area contributed by atoms with Crippen molar-refractivity contribution in [3.63, 3.8) is 0 Å². The van der Waals surface area contributed by atoms with Gasteiger partial charge in [0.1, 0.15) is 18.4 Å². The number of nitrogens with two attached hydrogens (primary N) is 1. The summed E-state index contributed by atoms with van der Waals surface area (Å²) >= 11 is 0. The van der Waals surface area contributed by atoms with Crippen LogP contribution in [-0.4, -0.2) is 60.4 Å². The van der Waals surface area contributed by atoms with Crippen LogP contribution in [0.4, 0.5) is 0 Å². The highest BCUT2D eigenvalue weighted by molar-refractivity contribution is 5.90. The second kappa shape index (κ2) is 7.11. The number of hydrogen-bond acceptors (Lipinski definition) is 8. The molecule has 0 aliphatic carbocycles. The average Bonchev–Trinajstić information content (AvgIpc) is 3.21. The van der Waals surface area contributed by atoms with Crippen molar-refractivity contribution in [2.75, 3.05) is 0 Å². The molecule has 1 aromatic heterocycles. The molecule has 0 bridgehead atoms. The summed E-state index contributed by atoms with van der Waals surface area (Å²) in [7, 11) is 0. The van der Waals surface area contributed by atoms with Crippen LogP contribution in [-0.2, 0) is 17.2 Å². The minimum atomic E-state index is -2.51. The summed E-state index contributed by atoms with van der Waals surface area (Å²) in [6.45, 7) is 0.223. The molecule has 5 atom stereocenters. The van der Waals surface area contributed by atoms with Gasteiger partial charge in [0.25, 0.3) is 11.8 Å². The molecule has 1 aromatic carbocycles. The third kappa shape index (κ3) is 3.21. The first kappa shape index (κ1) is 18.5. The second-order valence-corrected chi connectivity index (χ2v) is 5.96. The van der Waals surface area contributed by atoms with Gasteiger partial charge in [-0.2, -0.15) is 0 Å². The molecule has 1 unspecified atom stereocenters. The van der Waals surface area contributed by atoms with E-state index in [1.54, 1.807) is 0 Å². The standard InChI is InChI=1S/C16H20N4O6/c17-13(23)11-10(21)12(22)16(25,26-11)20-7-6-18-14(20)15(24)19-8-9-4-2-1-3-5-9/h1-7,10-13,21-23,25H,8,17H2,(H,19,24)/t10-,11+,12-,13?,16-/m1/s1. The third-order valence-corrected chi connectivity index (χ3v) is 4.18. The van der Waals surface area contributed by atoms with Crippen molar-refractivity contribution in [3.05, 3.63) is 54.1 Å². The molecule has 7 N–H and O–H groups in total. The van der Waals surface area contributed by atoms with Crippen molar-refractivity contribution in [1.82, 2.24) is 14.9 Å². The van der Waals surface area contributed by atoms with Gasteiger partial charge in [0.15, 0.2) is 6.10 Å². The molecular weight excluding hydrogens is 344 g/mol. The fraction of sp³-hybridized carbons (Fsp3) is 0.375. The number of aliphatic hydroxyl groups excluding tert-OH is 3. The summed E-state index contributed by atoms with van der Waals surface area (Å²) in [5.41, 5.74) is 6.14. The van der Waals surface area contributed by atoms with Crippen LogP contribution in [0.3, 0.4) is 0 Å². The number of carbonyl (C=O) groups is 1. The van der Waals surface area contributed by atoms with E-state index in [1.807, 2.05) is 30.3 Å². The fourth-order valence-electron chi connectivity index (χ4n) is 2.80. The van der Waals surface area contributed by atoms with Crippen LogP contribution in [0.1, 0.15) is 16.2 Å². The smallest absolute Gasteiger partial charge is 0.287 e. The number of benzene rings is 1. The maximum absolute atomic E-state index is 12.4. The van der Waals surface area contributed by atoms with Crippen LogP contribution in [0, 0.1) is 0 Å². The Balaban J connectivity index is 1.80. The average molecular weight is 364 g/mol. The molecule has 1 aliphatic heterocycles. The molecule has 1 aliphatic rings. The first-order valence-electron chi connectivity index (χ1n) is 7.90. The van der Waals surface area contributed by atoms with Gasteiger partial charge in [-0.05, 0) is 5.56 Å². The van der Waals surface area contributed by atoms with Crippen molar-refractivity contribution >= 4 is 5.91 Å². The maximum Gasteiger partial charge on any atom is 0.287 e. The van der Waals surface area contributed by atoms with E-state index >= 15 is 0 Å². The molecule has 1 amide bonds. The van der Waals surface area contributed by atoms with Gasteiger partial charge in [-0.25, -0.2) is 4.98 Å². The molecule has 10 heteroatoms. The Labute approximate surface area is 148 Å². The van der Waals surface area contributed by atoms with E-state index in [4.69, 9.17) is 10.5 Å². The van der Waals surface area contributed by atoms with Gasteiger partial charge in [0, 0.05) is 18.9 Å². The first-order valence-corrected chi connectivity index (χ1v) is 7.90. The number of carbonyl (C=O) groups excluding carboxylic acids is 1. The van der Waals surface area contributed by atoms with E-state index in [9.17, 15) is 25.2 Å². The number of aromatic nitrogens is 2. The molecule has 140 valence electrons. The van der Waals surface area contributed by atoms with Gasteiger partial charge in [0.05, 0.1) is 0 Å². The number of aliphatic hydroxyl groups is 4. The zero-order valence-electron chi connectivity index (χ0n) is 13.6. The Morgan fingerprint density at radius 2 is 2.08 bits per heavy atom. The lowest BCUT2D eigenvalue weighted by atomic mass is 10.1. The number of hydrogen-bond donors (Lipinski definition) is 6. The topological polar surface area (TPSA) is 163 Å². The van der Waals surface area contributed by atoms with Crippen LogP contribution in [0.15, 0.2) is 42.7 Å². The highest BCUT2D eigenvalue weighted by Gasteiger charge is 2.57. The minimum absolute atomic E-state index is 0.223. The van der Waals surface area contributed by atoms with Gasteiger partial charge in [0.2, 0.25) is 5.82 Å². The largest absolute Gasteiger partial charge is 0.387 e. The van der Waals surface area contributed by atoms with Crippen molar-refractivity contribution in [2.45, 2.75) is 37.0 Å². The van der Waals surface area contributed by atoms with Gasteiger partial charge in [-0.15, -0.1) is 0 Å². The lowest BCUT2D eigenvalue weighted by Gasteiger charge is -2.28. The maximum atomic E-state index is 12.4. The first-order chi connectivity index (χ1) is 12.3. The summed E-state index contributed by atoms with van der Waals surface area (Å²) in [4.78, 5) is 16.3. The molecule has 1 saturated heterocycles. The summed E-state index contributed by atoms with van der Waals surface area (Å²) in [5, 5.41) is 42.8. The van der Waals surface area contributed by atoms with E-state index in [1.165, 1.54) is 12.4 Å².